The highest BCUT2D eigenvalue weighted by molar-refractivity contribution is 6.28. The summed E-state index contributed by atoms with van der Waals surface area (Å²) in [7, 11) is 5.38. The number of rotatable bonds is 5. The van der Waals surface area contributed by atoms with Gasteiger partial charge in [-0.25, -0.2) is 0 Å². The Hall–Kier alpha value is -1.63. The second kappa shape index (κ2) is 5.56. The lowest BCUT2D eigenvalue weighted by Crippen LogP contribution is -2.37. The van der Waals surface area contributed by atoms with Gasteiger partial charge in [0.05, 0.1) is 6.54 Å². The van der Waals surface area contributed by atoms with Crippen molar-refractivity contribution in [3.05, 3.63) is 5.28 Å². The van der Waals surface area contributed by atoms with Gasteiger partial charge in [-0.3, -0.25) is 4.79 Å². The van der Waals surface area contributed by atoms with Crippen LogP contribution in [0.1, 0.15) is 12.8 Å². The van der Waals surface area contributed by atoms with Crippen molar-refractivity contribution in [2.24, 2.45) is 0 Å². The molecule has 0 bridgehead atoms. The van der Waals surface area contributed by atoms with Gasteiger partial charge in [-0.1, -0.05) is 0 Å². The van der Waals surface area contributed by atoms with Gasteiger partial charge in [0.2, 0.25) is 23.1 Å². The molecule has 1 aromatic heterocycles. The van der Waals surface area contributed by atoms with E-state index in [-0.39, 0.29) is 17.7 Å². The summed E-state index contributed by atoms with van der Waals surface area (Å²) in [4.78, 5) is 27.4. The fourth-order valence-electron chi connectivity index (χ4n) is 1.49. The van der Waals surface area contributed by atoms with Crippen LogP contribution in [0.25, 0.3) is 0 Å². The highest BCUT2D eigenvalue weighted by Crippen LogP contribution is 2.18. The molecule has 2 rings (SSSR count). The second-order valence-electron chi connectivity index (χ2n) is 4.80. The van der Waals surface area contributed by atoms with Crippen LogP contribution in [0.4, 0.5) is 11.9 Å². The van der Waals surface area contributed by atoms with Crippen LogP contribution in [-0.2, 0) is 4.79 Å². The van der Waals surface area contributed by atoms with Gasteiger partial charge in [-0.05, 0) is 24.4 Å². The van der Waals surface area contributed by atoms with Crippen molar-refractivity contribution in [3.8, 4) is 0 Å². The van der Waals surface area contributed by atoms with Crippen LogP contribution < -0.4 is 15.1 Å². The van der Waals surface area contributed by atoms with Crippen LogP contribution >= 0.6 is 11.6 Å². The van der Waals surface area contributed by atoms with Crippen LogP contribution in [0.3, 0.4) is 0 Å². The zero-order valence-electron chi connectivity index (χ0n) is 11.2. The molecule has 0 radical (unpaired) electrons. The number of likely N-dealkylation sites (N-methyl/N-ethyl adjacent to an activating group) is 1. The quantitative estimate of drug-likeness (QED) is 0.839. The summed E-state index contributed by atoms with van der Waals surface area (Å²) in [6.45, 7) is 0.198. The van der Waals surface area contributed by atoms with Crippen LogP contribution in [0.2, 0.25) is 5.28 Å². The van der Waals surface area contributed by atoms with Crippen LogP contribution in [0.15, 0.2) is 0 Å². The Labute approximate surface area is 117 Å². The molecule has 1 amide bonds. The molecule has 1 aliphatic carbocycles. The van der Waals surface area contributed by atoms with E-state index in [9.17, 15) is 4.79 Å². The number of hydrogen-bond donors (Lipinski definition) is 1. The first kappa shape index (κ1) is 13.8. The van der Waals surface area contributed by atoms with Gasteiger partial charge in [-0.15, -0.1) is 0 Å². The Kier molecular flexibility index (Phi) is 4.04. The maximum Gasteiger partial charge on any atom is 0.239 e. The van der Waals surface area contributed by atoms with E-state index in [1.54, 1.807) is 16.8 Å². The summed E-state index contributed by atoms with van der Waals surface area (Å²) < 4.78 is 0. The maximum absolute atomic E-state index is 11.7. The van der Waals surface area contributed by atoms with Gasteiger partial charge in [0, 0.05) is 27.2 Å². The van der Waals surface area contributed by atoms with Crippen molar-refractivity contribution in [3.63, 3.8) is 0 Å². The first-order valence-electron chi connectivity index (χ1n) is 6.05. The molecule has 0 unspecified atom stereocenters. The summed E-state index contributed by atoms with van der Waals surface area (Å²) >= 11 is 5.85. The van der Waals surface area contributed by atoms with Crippen LogP contribution in [0.5, 0.6) is 0 Å². The highest BCUT2D eigenvalue weighted by atomic mass is 35.5. The predicted molar refractivity (Wildman–Crippen MR) is 73.6 cm³/mol. The van der Waals surface area contributed by atoms with E-state index in [2.05, 4.69) is 20.3 Å². The smallest absolute Gasteiger partial charge is 0.239 e. The summed E-state index contributed by atoms with van der Waals surface area (Å²) in [5, 5.41) is 3.03. The fourth-order valence-corrected chi connectivity index (χ4v) is 1.64. The minimum atomic E-state index is -0.0343. The average Bonchev–Trinajstić information content (AvgIpc) is 3.11. The Balaban J connectivity index is 2.04. The summed E-state index contributed by atoms with van der Waals surface area (Å²) in [6.07, 6.45) is 2.13. The summed E-state index contributed by atoms with van der Waals surface area (Å²) in [5.41, 5.74) is 0. The number of carbonyl (C=O) groups excluding carboxylic acids is 1. The lowest BCUT2D eigenvalue weighted by Gasteiger charge is -2.18. The molecule has 7 nitrogen and oxygen atoms in total. The highest BCUT2D eigenvalue weighted by Gasteiger charge is 2.24. The second-order valence-corrected chi connectivity index (χ2v) is 5.13. The lowest BCUT2D eigenvalue weighted by molar-refractivity contribution is -0.119. The third-order valence-electron chi connectivity index (χ3n) is 2.65. The molecule has 0 aromatic carbocycles. The van der Waals surface area contributed by atoms with E-state index in [0.29, 0.717) is 17.9 Å². The topological polar surface area (TPSA) is 74.2 Å². The Morgan fingerprint density at radius 1 is 1.26 bits per heavy atom. The molecule has 1 fully saturated rings. The number of anilines is 2. The van der Waals surface area contributed by atoms with Crippen molar-refractivity contribution in [2.45, 2.75) is 18.9 Å². The first-order chi connectivity index (χ1) is 8.95. The molecule has 1 aromatic rings. The molecule has 0 saturated heterocycles. The summed E-state index contributed by atoms with van der Waals surface area (Å²) in [5.74, 6) is 0.812. The molecule has 0 aliphatic heterocycles. The fraction of sp³-hybridized carbons (Fsp3) is 0.636. The van der Waals surface area contributed by atoms with Crippen molar-refractivity contribution >= 4 is 29.4 Å². The Morgan fingerprint density at radius 2 is 1.89 bits per heavy atom. The average molecular weight is 285 g/mol. The first-order valence-corrected chi connectivity index (χ1v) is 6.43. The zero-order chi connectivity index (χ0) is 14.0. The molecule has 8 heteroatoms. The number of carbonyl (C=O) groups is 1. The van der Waals surface area contributed by atoms with Gasteiger partial charge < -0.3 is 15.1 Å². The van der Waals surface area contributed by atoms with Gasteiger partial charge in [0.15, 0.2) is 0 Å². The molecule has 1 N–H and O–H groups in total. The van der Waals surface area contributed by atoms with E-state index in [1.165, 1.54) is 0 Å². The van der Waals surface area contributed by atoms with Crippen molar-refractivity contribution < 1.29 is 4.79 Å². The van der Waals surface area contributed by atoms with Gasteiger partial charge in [0.25, 0.3) is 0 Å². The van der Waals surface area contributed by atoms with Gasteiger partial charge >= 0.3 is 0 Å². The maximum atomic E-state index is 11.7. The monoisotopic (exact) mass is 284 g/mol. The van der Waals surface area contributed by atoms with Crippen molar-refractivity contribution in [1.82, 2.24) is 20.3 Å². The molecule has 1 heterocycles. The Morgan fingerprint density at radius 3 is 2.47 bits per heavy atom. The molecular weight excluding hydrogens is 268 g/mol. The molecule has 0 atom stereocenters. The summed E-state index contributed by atoms with van der Waals surface area (Å²) in [6, 6.07) is 0.347. The predicted octanol–water partition coefficient (Wildman–Crippen LogP) is 0.306. The van der Waals surface area contributed by atoms with E-state index >= 15 is 0 Å². The van der Waals surface area contributed by atoms with Crippen molar-refractivity contribution in [1.29, 1.82) is 0 Å². The molecule has 1 saturated carbocycles. The molecule has 104 valence electrons. The van der Waals surface area contributed by atoms with E-state index in [0.717, 1.165) is 12.8 Å². The van der Waals surface area contributed by atoms with Gasteiger partial charge in [-0.2, -0.15) is 15.0 Å². The lowest BCUT2D eigenvalue weighted by atomic mass is 10.5. The van der Waals surface area contributed by atoms with E-state index in [4.69, 9.17) is 11.6 Å². The SMILES string of the molecule is CN(C)c1nc(Cl)nc(N(C)CC(=O)NC2CC2)n1. The number of nitrogens with one attached hydrogen (secondary N) is 1. The molecule has 0 spiro atoms. The standard InChI is InChI=1S/C11H17ClN6O/c1-17(2)10-14-9(12)15-11(16-10)18(3)6-8(19)13-7-4-5-7/h7H,4-6H2,1-3H3,(H,13,19). The molecule has 1 aliphatic rings. The number of amides is 1. The minimum absolute atomic E-state index is 0.0343. The largest absolute Gasteiger partial charge is 0.352 e. The normalized spacial score (nSPS) is 14.1. The van der Waals surface area contributed by atoms with E-state index in [1.807, 2.05) is 14.1 Å². The molecular formula is C11H17ClN6O. The number of halogens is 1. The number of nitrogens with zero attached hydrogens (tertiary/aromatic N) is 5. The zero-order valence-corrected chi connectivity index (χ0v) is 12.0. The third-order valence-corrected chi connectivity index (χ3v) is 2.82. The third kappa shape index (κ3) is 3.92. The Bertz CT molecular complexity index is 476. The minimum Gasteiger partial charge on any atom is -0.352 e. The molecule has 19 heavy (non-hydrogen) atoms. The van der Waals surface area contributed by atoms with Crippen molar-refractivity contribution in [2.75, 3.05) is 37.5 Å². The number of aromatic nitrogens is 3. The van der Waals surface area contributed by atoms with Gasteiger partial charge in [0.1, 0.15) is 0 Å². The van der Waals surface area contributed by atoms with Crippen LogP contribution in [0, 0.1) is 0 Å². The van der Waals surface area contributed by atoms with E-state index < -0.39 is 0 Å². The number of hydrogen-bond acceptors (Lipinski definition) is 6. The van der Waals surface area contributed by atoms with Crippen LogP contribution in [-0.4, -0.2) is 54.6 Å².